The number of hydrogen-bond donors (Lipinski definition) is 3. The van der Waals surface area contributed by atoms with Gasteiger partial charge in [-0.25, -0.2) is 9.13 Å². The van der Waals surface area contributed by atoms with Crippen LogP contribution in [0.5, 0.6) is 0 Å². The molecule has 6 atom stereocenters. The van der Waals surface area contributed by atoms with E-state index in [1.807, 2.05) is 0 Å². The van der Waals surface area contributed by atoms with Gasteiger partial charge in [0.2, 0.25) is 0 Å². The van der Waals surface area contributed by atoms with Gasteiger partial charge in [0.15, 0.2) is 12.2 Å². The number of phosphoric ester groups is 2. The van der Waals surface area contributed by atoms with Crippen molar-refractivity contribution < 1.29 is 80.2 Å². The van der Waals surface area contributed by atoms with Crippen molar-refractivity contribution in [1.29, 1.82) is 0 Å². The molecule has 89 heavy (non-hydrogen) atoms. The molecule has 528 valence electrons. The number of ether oxygens (including phenoxy) is 4. The maximum Gasteiger partial charge on any atom is 0.472 e. The molecule has 19 heteroatoms. The van der Waals surface area contributed by atoms with Crippen LogP contribution in [0.15, 0.2) is 0 Å². The smallest absolute Gasteiger partial charge is 0.462 e. The number of carbonyl (C=O) groups is 4. The van der Waals surface area contributed by atoms with E-state index in [2.05, 4.69) is 55.4 Å². The predicted octanol–water partition coefficient (Wildman–Crippen LogP) is 19.7. The molecule has 0 aromatic carbocycles. The van der Waals surface area contributed by atoms with Gasteiger partial charge in [-0.2, -0.15) is 0 Å². The van der Waals surface area contributed by atoms with Crippen LogP contribution in [0.1, 0.15) is 344 Å². The molecule has 0 fully saturated rings. The predicted molar refractivity (Wildman–Crippen MR) is 358 cm³/mol. The molecule has 0 aliphatic rings. The highest BCUT2D eigenvalue weighted by Gasteiger charge is 2.30. The first kappa shape index (κ1) is 87.1. The maximum atomic E-state index is 13.0. The summed E-state index contributed by atoms with van der Waals surface area (Å²) < 4.78 is 68.2. The summed E-state index contributed by atoms with van der Waals surface area (Å²) in [5.41, 5.74) is 0. The topological polar surface area (TPSA) is 237 Å². The van der Waals surface area contributed by atoms with E-state index in [9.17, 15) is 43.2 Å². The SMILES string of the molecule is CCC(C)CCCCCCCCCCCCC(=O)O[C@H](COC(=O)CCCCCCCCCC(C)C)COP(=O)(O)OC[C@@H](O)COP(=O)(O)OC[C@@H](COC(=O)CCCCCCCCC(C)C)OC(=O)CCCCCCCCCCCCCCCC(C)C. The van der Waals surface area contributed by atoms with Crippen LogP contribution in [-0.4, -0.2) is 96.7 Å². The molecule has 0 aliphatic heterocycles. The second-order valence-corrected chi connectivity index (χ2v) is 29.8. The van der Waals surface area contributed by atoms with Gasteiger partial charge in [-0.1, -0.05) is 293 Å². The molecular weight excluding hydrogens is 1170 g/mol. The van der Waals surface area contributed by atoms with E-state index >= 15 is 0 Å². The van der Waals surface area contributed by atoms with Crippen molar-refractivity contribution in [3.8, 4) is 0 Å². The van der Waals surface area contributed by atoms with Crippen LogP contribution in [0.25, 0.3) is 0 Å². The highest BCUT2D eigenvalue weighted by molar-refractivity contribution is 7.47. The van der Waals surface area contributed by atoms with E-state index in [0.29, 0.717) is 37.5 Å². The van der Waals surface area contributed by atoms with Crippen LogP contribution >= 0.6 is 15.6 Å². The normalized spacial score (nSPS) is 14.6. The van der Waals surface area contributed by atoms with E-state index < -0.39 is 97.5 Å². The zero-order valence-electron chi connectivity index (χ0n) is 58.1. The maximum absolute atomic E-state index is 13.0. The van der Waals surface area contributed by atoms with E-state index in [1.165, 1.54) is 135 Å². The van der Waals surface area contributed by atoms with Crippen LogP contribution in [0.3, 0.4) is 0 Å². The fraction of sp³-hybridized carbons (Fsp3) is 0.943. The Kier molecular flexibility index (Phi) is 58.5. The van der Waals surface area contributed by atoms with Crippen LogP contribution in [0, 0.1) is 23.7 Å². The Bertz CT molecular complexity index is 1770. The number of rotatable bonds is 67. The first-order valence-corrected chi connectivity index (χ1v) is 39.2. The zero-order valence-corrected chi connectivity index (χ0v) is 59.8. The molecule has 17 nitrogen and oxygen atoms in total. The third kappa shape index (κ3) is 63.2. The zero-order chi connectivity index (χ0) is 66.1. The fourth-order valence-corrected chi connectivity index (χ4v) is 12.0. The molecule has 0 amide bonds. The second kappa shape index (κ2) is 59.8. The summed E-state index contributed by atoms with van der Waals surface area (Å²) in [5, 5.41) is 10.6. The van der Waals surface area contributed by atoms with Gasteiger partial charge in [0, 0.05) is 25.7 Å². The van der Waals surface area contributed by atoms with Crippen LogP contribution in [0.2, 0.25) is 0 Å². The number of unbranched alkanes of at least 4 members (excludes halogenated alkanes) is 32. The molecule has 0 rings (SSSR count). The monoisotopic (exact) mass is 1310 g/mol. The number of aliphatic hydroxyl groups excluding tert-OH is 1. The van der Waals surface area contributed by atoms with Gasteiger partial charge >= 0.3 is 39.5 Å². The van der Waals surface area contributed by atoms with Crippen molar-refractivity contribution in [2.45, 2.75) is 363 Å². The van der Waals surface area contributed by atoms with Gasteiger partial charge in [-0.15, -0.1) is 0 Å². The molecule has 0 saturated carbocycles. The van der Waals surface area contributed by atoms with Crippen LogP contribution in [0.4, 0.5) is 0 Å². The first-order chi connectivity index (χ1) is 42.6. The minimum atomic E-state index is -4.95. The van der Waals surface area contributed by atoms with Crippen molar-refractivity contribution in [2.24, 2.45) is 23.7 Å². The largest absolute Gasteiger partial charge is 0.472 e. The molecule has 0 heterocycles. The molecule has 0 radical (unpaired) electrons. The Labute approximate surface area is 543 Å². The summed E-state index contributed by atoms with van der Waals surface area (Å²) in [6.45, 7) is 14.1. The summed E-state index contributed by atoms with van der Waals surface area (Å²) >= 11 is 0. The number of esters is 4. The standard InChI is InChI=1S/C70H136O17P2/c1-9-63(8)49-41-33-24-18-15-16-20-26-37-45-53-70(75)86-65(56-80-67(72)50-42-34-27-21-23-31-39-47-61(4)5)58-84-88(76,77)82-54-64(71)55-83-89(78,79)85-59-66(57-81-68(73)51-43-35-29-28-32-40-48-62(6)7)87-69(74)52-44-36-25-19-14-12-10-11-13-17-22-30-38-46-60(2)3/h60-66,71H,9-59H2,1-8H3,(H,76,77)(H,78,79)/t63?,64-,65-,66-/m1/s1. The van der Waals surface area contributed by atoms with E-state index in [1.54, 1.807) is 0 Å². The molecule has 0 spiro atoms. The number of hydrogen-bond acceptors (Lipinski definition) is 15. The molecule has 0 saturated heterocycles. The van der Waals surface area contributed by atoms with Gasteiger partial charge < -0.3 is 33.8 Å². The minimum absolute atomic E-state index is 0.105. The summed E-state index contributed by atoms with van der Waals surface area (Å²) in [6, 6.07) is 0. The Balaban J connectivity index is 5.23. The molecule has 3 unspecified atom stereocenters. The first-order valence-electron chi connectivity index (χ1n) is 36.2. The Morgan fingerprint density at radius 3 is 0.798 bits per heavy atom. The highest BCUT2D eigenvalue weighted by atomic mass is 31.2. The van der Waals surface area contributed by atoms with Crippen molar-refractivity contribution in [3.05, 3.63) is 0 Å². The van der Waals surface area contributed by atoms with Gasteiger partial charge in [-0.3, -0.25) is 37.3 Å². The van der Waals surface area contributed by atoms with Crippen molar-refractivity contribution in [2.75, 3.05) is 39.6 Å². The quantitative estimate of drug-likeness (QED) is 0.0222. The third-order valence-electron chi connectivity index (χ3n) is 16.4. The van der Waals surface area contributed by atoms with Gasteiger partial charge in [0.05, 0.1) is 26.4 Å². The van der Waals surface area contributed by atoms with Crippen molar-refractivity contribution >= 4 is 39.5 Å². The number of phosphoric acid groups is 2. The van der Waals surface area contributed by atoms with E-state index in [-0.39, 0.29) is 25.7 Å². The summed E-state index contributed by atoms with van der Waals surface area (Å²) in [5.74, 6) is 0.842. The van der Waals surface area contributed by atoms with Crippen LogP contribution in [-0.2, 0) is 65.4 Å². The highest BCUT2D eigenvalue weighted by Crippen LogP contribution is 2.45. The molecule has 0 aromatic heterocycles. The lowest BCUT2D eigenvalue weighted by Gasteiger charge is -2.21. The molecule has 0 aromatic rings. The number of aliphatic hydroxyl groups is 1. The van der Waals surface area contributed by atoms with Gasteiger partial charge in [0.25, 0.3) is 0 Å². The lowest BCUT2D eigenvalue weighted by atomic mass is 9.99. The summed E-state index contributed by atoms with van der Waals surface area (Å²) in [7, 11) is -9.90. The third-order valence-corrected chi connectivity index (χ3v) is 18.3. The number of carbonyl (C=O) groups excluding carboxylic acids is 4. The Morgan fingerprint density at radius 2 is 0.539 bits per heavy atom. The average Bonchev–Trinajstić information content (AvgIpc) is 3.65. The molecule has 3 N–H and O–H groups in total. The molecular formula is C70H136O17P2. The van der Waals surface area contributed by atoms with E-state index in [4.69, 9.17) is 37.0 Å². The lowest BCUT2D eigenvalue weighted by molar-refractivity contribution is -0.161. The van der Waals surface area contributed by atoms with Crippen molar-refractivity contribution in [3.63, 3.8) is 0 Å². The van der Waals surface area contributed by atoms with Gasteiger partial charge in [-0.05, 0) is 49.4 Å². The van der Waals surface area contributed by atoms with Gasteiger partial charge in [0.1, 0.15) is 19.3 Å². The molecule has 0 bridgehead atoms. The second-order valence-electron chi connectivity index (χ2n) is 26.9. The Hall–Kier alpha value is -1.94. The summed E-state index contributed by atoms with van der Waals surface area (Å²) in [6.07, 6.45) is 41.8. The Morgan fingerprint density at radius 1 is 0.315 bits per heavy atom. The lowest BCUT2D eigenvalue weighted by Crippen LogP contribution is -2.30. The van der Waals surface area contributed by atoms with Crippen LogP contribution < -0.4 is 0 Å². The summed E-state index contributed by atoms with van der Waals surface area (Å²) in [4.78, 5) is 72.5. The average molecular weight is 1310 g/mol. The molecule has 0 aliphatic carbocycles. The minimum Gasteiger partial charge on any atom is -0.462 e. The van der Waals surface area contributed by atoms with E-state index in [0.717, 1.165) is 115 Å². The fourth-order valence-electron chi connectivity index (χ4n) is 10.5. The van der Waals surface area contributed by atoms with Crippen molar-refractivity contribution in [1.82, 2.24) is 0 Å².